The molecular weight excluding hydrogens is 228 g/mol. The smallest absolute Gasteiger partial charge is 0.239 e. The molecule has 0 saturated heterocycles. The molecule has 0 saturated carbocycles. The van der Waals surface area contributed by atoms with Crippen LogP contribution in [0.1, 0.15) is 20.8 Å². The molecule has 0 atom stereocenters. The zero-order chi connectivity index (χ0) is 13.5. The molecule has 0 radical (unpaired) electrons. The van der Waals surface area contributed by atoms with E-state index in [1.807, 2.05) is 50.9 Å². The highest BCUT2D eigenvalue weighted by molar-refractivity contribution is 5.81. The molecular formula is C13H22N4O. The first-order chi connectivity index (χ1) is 8.56. The maximum atomic E-state index is 11.8. The fourth-order valence-corrected chi connectivity index (χ4v) is 1.63. The van der Waals surface area contributed by atoms with Crippen LogP contribution in [-0.2, 0) is 4.79 Å². The molecule has 0 fully saturated rings. The molecule has 18 heavy (non-hydrogen) atoms. The SMILES string of the molecule is CCN(CC(=O)NC(C)C)c1cccc(NC)n1. The van der Waals surface area contributed by atoms with Crippen LogP contribution in [0.4, 0.5) is 11.6 Å². The molecule has 1 heterocycles. The second-order valence-corrected chi connectivity index (χ2v) is 4.37. The molecule has 1 aromatic heterocycles. The Morgan fingerprint density at radius 3 is 2.72 bits per heavy atom. The van der Waals surface area contributed by atoms with Crippen LogP contribution in [0.2, 0.25) is 0 Å². The number of hydrogen-bond acceptors (Lipinski definition) is 4. The summed E-state index contributed by atoms with van der Waals surface area (Å²) in [5.74, 6) is 1.63. The molecule has 0 aromatic carbocycles. The zero-order valence-electron chi connectivity index (χ0n) is 11.5. The summed E-state index contributed by atoms with van der Waals surface area (Å²) >= 11 is 0. The molecule has 5 nitrogen and oxygen atoms in total. The van der Waals surface area contributed by atoms with E-state index < -0.39 is 0 Å². The maximum absolute atomic E-state index is 11.8. The van der Waals surface area contributed by atoms with E-state index in [-0.39, 0.29) is 11.9 Å². The van der Waals surface area contributed by atoms with E-state index in [9.17, 15) is 4.79 Å². The lowest BCUT2D eigenvalue weighted by atomic mass is 10.3. The Hall–Kier alpha value is -1.78. The van der Waals surface area contributed by atoms with Crippen molar-refractivity contribution in [2.45, 2.75) is 26.8 Å². The van der Waals surface area contributed by atoms with Crippen LogP contribution in [0.25, 0.3) is 0 Å². The van der Waals surface area contributed by atoms with Gasteiger partial charge < -0.3 is 15.5 Å². The summed E-state index contributed by atoms with van der Waals surface area (Å²) in [4.78, 5) is 18.1. The molecule has 5 heteroatoms. The standard InChI is InChI=1S/C13H22N4O/c1-5-17(9-13(18)15-10(2)3)12-8-6-7-11(14-4)16-12/h6-8,10H,5,9H2,1-4H3,(H,14,16)(H,15,18). The second kappa shape index (κ2) is 6.83. The predicted octanol–water partition coefficient (Wildman–Crippen LogP) is 1.47. The Morgan fingerprint density at radius 2 is 2.17 bits per heavy atom. The van der Waals surface area contributed by atoms with Gasteiger partial charge in [-0.05, 0) is 32.9 Å². The van der Waals surface area contributed by atoms with Gasteiger partial charge in [0.1, 0.15) is 11.6 Å². The van der Waals surface area contributed by atoms with E-state index in [1.165, 1.54) is 0 Å². The molecule has 0 aliphatic rings. The quantitative estimate of drug-likeness (QED) is 0.803. The number of carbonyl (C=O) groups is 1. The largest absolute Gasteiger partial charge is 0.373 e. The Kier molecular flexibility index (Phi) is 5.42. The van der Waals surface area contributed by atoms with Gasteiger partial charge in [-0.2, -0.15) is 0 Å². The molecule has 2 N–H and O–H groups in total. The fourth-order valence-electron chi connectivity index (χ4n) is 1.63. The lowest BCUT2D eigenvalue weighted by molar-refractivity contribution is -0.120. The third-order valence-electron chi connectivity index (χ3n) is 2.48. The highest BCUT2D eigenvalue weighted by Crippen LogP contribution is 2.13. The topological polar surface area (TPSA) is 57.3 Å². The van der Waals surface area contributed by atoms with Gasteiger partial charge in [0.15, 0.2) is 0 Å². The van der Waals surface area contributed by atoms with Crippen molar-refractivity contribution in [2.75, 3.05) is 30.4 Å². The Morgan fingerprint density at radius 1 is 1.44 bits per heavy atom. The molecule has 0 bridgehead atoms. The number of nitrogens with one attached hydrogen (secondary N) is 2. The van der Waals surface area contributed by atoms with Crippen LogP contribution in [-0.4, -0.2) is 37.1 Å². The van der Waals surface area contributed by atoms with Gasteiger partial charge in [-0.15, -0.1) is 0 Å². The molecule has 0 unspecified atom stereocenters. The number of hydrogen-bond donors (Lipinski definition) is 2. The van der Waals surface area contributed by atoms with Gasteiger partial charge in [-0.3, -0.25) is 4.79 Å². The number of anilines is 2. The van der Waals surface area contributed by atoms with Crippen molar-refractivity contribution in [1.29, 1.82) is 0 Å². The molecule has 1 aromatic rings. The zero-order valence-corrected chi connectivity index (χ0v) is 11.5. The average Bonchev–Trinajstić information content (AvgIpc) is 2.35. The number of pyridine rings is 1. The summed E-state index contributed by atoms with van der Waals surface area (Å²) in [6.45, 7) is 6.99. The number of likely N-dealkylation sites (N-methyl/N-ethyl adjacent to an activating group) is 1. The van der Waals surface area contributed by atoms with Crippen molar-refractivity contribution in [1.82, 2.24) is 10.3 Å². The van der Waals surface area contributed by atoms with Gasteiger partial charge in [0.05, 0.1) is 6.54 Å². The number of nitrogens with zero attached hydrogens (tertiary/aromatic N) is 2. The molecule has 0 aliphatic carbocycles. The Balaban J connectivity index is 2.73. The van der Waals surface area contributed by atoms with Crippen LogP contribution in [0.5, 0.6) is 0 Å². The summed E-state index contributed by atoms with van der Waals surface area (Å²) in [7, 11) is 1.83. The minimum atomic E-state index is 0.0171. The van der Waals surface area contributed by atoms with Gasteiger partial charge in [0, 0.05) is 19.6 Å². The van der Waals surface area contributed by atoms with Crippen molar-refractivity contribution in [3.8, 4) is 0 Å². The number of amides is 1. The van der Waals surface area contributed by atoms with E-state index in [0.29, 0.717) is 6.54 Å². The number of aromatic nitrogens is 1. The van der Waals surface area contributed by atoms with Crippen molar-refractivity contribution < 1.29 is 4.79 Å². The highest BCUT2D eigenvalue weighted by Gasteiger charge is 2.11. The molecule has 100 valence electrons. The van der Waals surface area contributed by atoms with Crippen molar-refractivity contribution in [3.63, 3.8) is 0 Å². The van der Waals surface area contributed by atoms with Crippen LogP contribution in [0.15, 0.2) is 18.2 Å². The van der Waals surface area contributed by atoms with Gasteiger partial charge >= 0.3 is 0 Å². The molecule has 0 aliphatic heterocycles. The summed E-state index contributed by atoms with van der Waals surface area (Å²) < 4.78 is 0. The van der Waals surface area contributed by atoms with Gasteiger partial charge in [-0.25, -0.2) is 4.98 Å². The number of rotatable bonds is 6. The Labute approximate surface area is 109 Å². The van der Waals surface area contributed by atoms with Crippen molar-refractivity contribution >= 4 is 17.5 Å². The van der Waals surface area contributed by atoms with Crippen LogP contribution in [0, 0.1) is 0 Å². The first kappa shape index (κ1) is 14.3. The molecule has 1 amide bonds. The summed E-state index contributed by atoms with van der Waals surface area (Å²) in [5.41, 5.74) is 0. The summed E-state index contributed by atoms with van der Waals surface area (Å²) in [5, 5.41) is 5.88. The fraction of sp³-hybridized carbons (Fsp3) is 0.538. The number of carbonyl (C=O) groups excluding carboxylic acids is 1. The van der Waals surface area contributed by atoms with E-state index >= 15 is 0 Å². The minimum absolute atomic E-state index is 0.0171. The third kappa shape index (κ3) is 4.24. The lowest BCUT2D eigenvalue weighted by Gasteiger charge is -2.22. The van der Waals surface area contributed by atoms with E-state index in [0.717, 1.165) is 18.2 Å². The summed E-state index contributed by atoms with van der Waals surface area (Å²) in [6, 6.07) is 5.89. The van der Waals surface area contributed by atoms with Crippen LogP contribution < -0.4 is 15.5 Å². The van der Waals surface area contributed by atoms with Crippen LogP contribution in [0.3, 0.4) is 0 Å². The first-order valence-corrected chi connectivity index (χ1v) is 6.26. The van der Waals surface area contributed by atoms with E-state index in [2.05, 4.69) is 15.6 Å². The normalized spacial score (nSPS) is 10.3. The average molecular weight is 250 g/mol. The first-order valence-electron chi connectivity index (χ1n) is 6.26. The third-order valence-corrected chi connectivity index (χ3v) is 2.48. The van der Waals surface area contributed by atoms with E-state index in [1.54, 1.807) is 0 Å². The van der Waals surface area contributed by atoms with E-state index in [4.69, 9.17) is 0 Å². The molecule has 0 spiro atoms. The Bertz CT molecular complexity index is 392. The maximum Gasteiger partial charge on any atom is 0.239 e. The highest BCUT2D eigenvalue weighted by atomic mass is 16.2. The van der Waals surface area contributed by atoms with Crippen LogP contribution >= 0.6 is 0 Å². The predicted molar refractivity (Wildman–Crippen MR) is 74.9 cm³/mol. The second-order valence-electron chi connectivity index (χ2n) is 4.37. The molecule has 1 rings (SSSR count). The minimum Gasteiger partial charge on any atom is -0.373 e. The van der Waals surface area contributed by atoms with Gasteiger partial charge in [0.25, 0.3) is 0 Å². The summed E-state index contributed by atoms with van der Waals surface area (Å²) in [6.07, 6.45) is 0. The van der Waals surface area contributed by atoms with Crippen molar-refractivity contribution in [3.05, 3.63) is 18.2 Å². The van der Waals surface area contributed by atoms with Gasteiger partial charge in [0.2, 0.25) is 5.91 Å². The van der Waals surface area contributed by atoms with Gasteiger partial charge in [-0.1, -0.05) is 6.07 Å². The lowest BCUT2D eigenvalue weighted by Crippen LogP contribution is -2.40. The van der Waals surface area contributed by atoms with Crippen molar-refractivity contribution in [2.24, 2.45) is 0 Å². The monoisotopic (exact) mass is 250 g/mol.